The number of halogens is 1. The number of carbonyl (C=O) groups is 1. The van der Waals surface area contributed by atoms with Crippen molar-refractivity contribution in [1.29, 1.82) is 0 Å². The lowest BCUT2D eigenvalue weighted by atomic mass is 9.98. The minimum Gasteiger partial charge on any atom is -0.490 e. The molecule has 2 heterocycles. The third-order valence-corrected chi connectivity index (χ3v) is 6.65. The quantitative estimate of drug-likeness (QED) is 0.326. The molecule has 4 rings (SSSR count). The number of ether oxygens (including phenoxy) is 2. The van der Waals surface area contributed by atoms with E-state index in [0.717, 1.165) is 18.7 Å². The fourth-order valence-corrected chi connectivity index (χ4v) is 4.76. The first-order valence-electron chi connectivity index (χ1n) is 12.2. The zero-order valence-corrected chi connectivity index (χ0v) is 21.6. The molecule has 0 aliphatic carbocycles. The van der Waals surface area contributed by atoms with E-state index in [1.807, 2.05) is 19.1 Å². The van der Waals surface area contributed by atoms with Crippen LogP contribution in [0.1, 0.15) is 48.5 Å². The van der Waals surface area contributed by atoms with Gasteiger partial charge in [0.2, 0.25) is 5.76 Å². The summed E-state index contributed by atoms with van der Waals surface area (Å²) in [6.07, 6.45) is 1.66. The van der Waals surface area contributed by atoms with Gasteiger partial charge in [0.25, 0.3) is 5.91 Å². The van der Waals surface area contributed by atoms with Crippen LogP contribution in [0.3, 0.4) is 0 Å². The van der Waals surface area contributed by atoms with Crippen molar-refractivity contribution in [2.45, 2.75) is 26.8 Å². The number of hydrogen-bond acceptors (Lipinski definition) is 6. The summed E-state index contributed by atoms with van der Waals surface area (Å²) in [6.45, 7) is 13.3. The summed E-state index contributed by atoms with van der Waals surface area (Å²) in [5.74, 6) is 0.872. The second kappa shape index (κ2) is 11.2. The molecule has 1 atom stereocenters. The van der Waals surface area contributed by atoms with Crippen LogP contribution in [-0.2, 0) is 0 Å². The van der Waals surface area contributed by atoms with Gasteiger partial charge in [-0.05, 0) is 55.9 Å². The van der Waals surface area contributed by atoms with Gasteiger partial charge in [-0.15, -0.1) is 0 Å². The van der Waals surface area contributed by atoms with Crippen LogP contribution in [0.15, 0.2) is 58.3 Å². The minimum atomic E-state index is -0.629. The SMILES string of the molecule is C=CCOc1ccc(C2c3c(oc4ccc(Cl)cc4c3=O)C(=O)N2CCN(CC)CC)cc1OCC. The summed E-state index contributed by atoms with van der Waals surface area (Å²) >= 11 is 6.18. The van der Waals surface area contributed by atoms with Crippen LogP contribution < -0.4 is 14.9 Å². The van der Waals surface area contributed by atoms with Gasteiger partial charge in [0, 0.05) is 18.1 Å². The van der Waals surface area contributed by atoms with Crippen molar-refractivity contribution in [1.82, 2.24) is 9.80 Å². The molecule has 0 N–H and O–H groups in total. The molecule has 190 valence electrons. The molecule has 1 amide bonds. The second-order valence-corrected chi connectivity index (χ2v) is 8.92. The number of benzene rings is 2. The largest absolute Gasteiger partial charge is 0.490 e. The van der Waals surface area contributed by atoms with E-state index < -0.39 is 6.04 Å². The Bertz CT molecular complexity index is 1330. The molecular weight excluding hydrogens is 480 g/mol. The molecule has 3 aromatic rings. The zero-order chi connectivity index (χ0) is 25.8. The van der Waals surface area contributed by atoms with Gasteiger partial charge < -0.3 is 23.7 Å². The van der Waals surface area contributed by atoms with Gasteiger partial charge in [-0.3, -0.25) is 9.59 Å². The number of fused-ring (bicyclic) bond motifs is 2. The van der Waals surface area contributed by atoms with Crippen LogP contribution in [0, 0.1) is 0 Å². The Morgan fingerprint density at radius 1 is 1.08 bits per heavy atom. The summed E-state index contributed by atoms with van der Waals surface area (Å²) in [4.78, 5) is 31.3. The number of amides is 1. The molecule has 0 saturated heterocycles. The maximum atomic E-state index is 13.7. The van der Waals surface area contributed by atoms with Crippen LogP contribution in [-0.4, -0.2) is 55.1 Å². The van der Waals surface area contributed by atoms with Gasteiger partial charge in [0.05, 0.1) is 23.6 Å². The third-order valence-electron chi connectivity index (χ3n) is 6.42. The van der Waals surface area contributed by atoms with Crippen LogP contribution in [0.4, 0.5) is 0 Å². The van der Waals surface area contributed by atoms with Crippen molar-refractivity contribution in [2.24, 2.45) is 0 Å². The predicted molar refractivity (Wildman–Crippen MR) is 141 cm³/mol. The fourth-order valence-electron chi connectivity index (χ4n) is 4.59. The molecule has 7 nitrogen and oxygen atoms in total. The van der Waals surface area contributed by atoms with Crippen LogP contribution >= 0.6 is 11.6 Å². The van der Waals surface area contributed by atoms with Crippen LogP contribution in [0.5, 0.6) is 11.5 Å². The Morgan fingerprint density at radius 2 is 1.86 bits per heavy atom. The highest BCUT2D eigenvalue weighted by molar-refractivity contribution is 6.31. The molecule has 0 fully saturated rings. The van der Waals surface area contributed by atoms with Gasteiger partial charge in [-0.2, -0.15) is 0 Å². The van der Waals surface area contributed by atoms with Crippen molar-refractivity contribution in [3.8, 4) is 11.5 Å². The number of carbonyl (C=O) groups excluding carboxylic acids is 1. The van der Waals surface area contributed by atoms with E-state index in [-0.39, 0.29) is 17.1 Å². The topological polar surface area (TPSA) is 72.2 Å². The molecule has 0 spiro atoms. The predicted octanol–water partition coefficient (Wildman–Crippen LogP) is 5.30. The third kappa shape index (κ3) is 4.86. The van der Waals surface area contributed by atoms with E-state index >= 15 is 0 Å². The molecule has 1 unspecified atom stereocenters. The van der Waals surface area contributed by atoms with Gasteiger partial charge in [-0.1, -0.05) is 44.2 Å². The highest BCUT2D eigenvalue weighted by atomic mass is 35.5. The van der Waals surface area contributed by atoms with E-state index in [0.29, 0.717) is 59.4 Å². The lowest BCUT2D eigenvalue weighted by Gasteiger charge is -2.28. The average molecular weight is 511 g/mol. The Hall–Kier alpha value is -3.29. The molecular formula is C28H31ClN2O5. The molecule has 0 bridgehead atoms. The smallest absolute Gasteiger partial charge is 0.290 e. The number of likely N-dealkylation sites (N-methyl/N-ethyl adjacent to an activating group) is 1. The first kappa shape index (κ1) is 25.8. The van der Waals surface area contributed by atoms with Crippen LogP contribution in [0.25, 0.3) is 11.0 Å². The second-order valence-electron chi connectivity index (χ2n) is 8.48. The molecule has 0 radical (unpaired) electrons. The van der Waals surface area contributed by atoms with E-state index in [1.165, 1.54) is 0 Å². The fraction of sp³-hybridized carbons (Fsp3) is 0.357. The van der Waals surface area contributed by atoms with E-state index in [4.69, 9.17) is 25.5 Å². The normalized spacial score (nSPS) is 15.0. The van der Waals surface area contributed by atoms with Gasteiger partial charge in [0.1, 0.15) is 12.2 Å². The first-order valence-corrected chi connectivity index (χ1v) is 12.6. The Kier molecular flexibility index (Phi) is 8.01. The molecule has 36 heavy (non-hydrogen) atoms. The van der Waals surface area contributed by atoms with Crippen molar-refractivity contribution >= 4 is 28.5 Å². The Morgan fingerprint density at radius 3 is 2.56 bits per heavy atom. The average Bonchev–Trinajstić information content (AvgIpc) is 3.16. The van der Waals surface area contributed by atoms with E-state index in [1.54, 1.807) is 35.2 Å². The Labute approximate surface area is 215 Å². The van der Waals surface area contributed by atoms with Gasteiger partial charge >= 0.3 is 0 Å². The monoisotopic (exact) mass is 510 g/mol. The minimum absolute atomic E-state index is 0.0734. The number of nitrogens with zero attached hydrogens (tertiary/aromatic N) is 2. The molecule has 8 heteroatoms. The number of rotatable bonds is 11. The molecule has 1 aliphatic rings. The van der Waals surface area contributed by atoms with Gasteiger partial charge in [0.15, 0.2) is 16.9 Å². The van der Waals surface area contributed by atoms with Crippen molar-refractivity contribution in [3.05, 3.63) is 81.2 Å². The summed E-state index contributed by atoms with van der Waals surface area (Å²) in [7, 11) is 0. The van der Waals surface area contributed by atoms with Crippen molar-refractivity contribution in [2.75, 3.05) is 39.4 Å². The lowest BCUT2D eigenvalue weighted by molar-refractivity contribution is 0.0708. The van der Waals surface area contributed by atoms with Crippen molar-refractivity contribution in [3.63, 3.8) is 0 Å². The molecule has 2 aromatic carbocycles. The highest BCUT2D eigenvalue weighted by Crippen LogP contribution is 2.41. The van der Waals surface area contributed by atoms with Crippen LogP contribution in [0.2, 0.25) is 5.02 Å². The summed E-state index contributed by atoms with van der Waals surface area (Å²) in [5, 5.41) is 0.775. The van der Waals surface area contributed by atoms with E-state index in [2.05, 4.69) is 25.3 Å². The molecule has 1 aliphatic heterocycles. The molecule has 0 saturated carbocycles. The zero-order valence-electron chi connectivity index (χ0n) is 20.9. The summed E-state index contributed by atoms with van der Waals surface area (Å²) in [5.41, 5.74) is 1.13. The highest BCUT2D eigenvalue weighted by Gasteiger charge is 2.43. The molecule has 1 aromatic heterocycles. The van der Waals surface area contributed by atoms with E-state index in [9.17, 15) is 9.59 Å². The lowest BCUT2D eigenvalue weighted by Crippen LogP contribution is -2.37. The standard InChI is InChI=1S/C28H31ClN2O5/c1-5-15-35-22-11-9-18(16-23(22)34-8-4)25-24-26(32)20-17-19(29)10-12-21(20)36-27(24)28(33)31(25)14-13-30(6-2)7-3/h5,9-12,16-17,25H,1,6-8,13-15H2,2-4H3. The first-order chi connectivity index (χ1) is 17.4. The Balaban J connectivity index is 1.87. The summed E-state index contributed by atoms with van der Waals surface area (Å²) in [6, 6.07) is 9.72. The summed E-state index contributed by atoms with van der Waals surface area (Å²) < 4.78 is 17.6. The van der Waals surface area contributed by atoms with Gasteiger partial charge in [-0.25, -0.2) is 0 Å². The maximum Gasteiger partial charge on any atom is 0.290 e. The van der Waals surface area contributed by atoms with Crippen molar-refractivity contribution < 1.29 is 18.7 Å². The number of hydrogen-bond donors (Lipinski definition) is 0. The maximum absolute atomic E-state index is 13.7.